The summed E-state index contributed by atoms with van der Waals surface area (Å²) in [7, 11) is 0. The molecule has 0 atom stereocenters. The molecule has 2 aromatic heterocycles. The first-order valence-electron chi connectivity index (χ1n) is 17.3. The minimum atomic E-state index is 0.933. The number of benzene rings is 8. The van der Waals surface area contributed by atoms with Gasteiger partial charge in [0.15, 0.2) is 0 Å². The van der Waals surface area contributed by atoms with E-state index < -0.39 is 0 Å². The van der Waals surface area contributed by atoms with E-state index in [4.69, 9.17) is 9.97 Å². The third-order valence-electron chi connectivity index (χ3n) is 10.00. The van der Waals surface area contributed by atoms with Gasteiger partial charge in [0.1, 0.15) is 5.82 Å². The zero-order valence-corrected chi connectivity index (χ0v) is 27.7. The maximum Gasteiger partial charge on any atom is 0.145 e. The van der Waals surface area contributed by atoms with Gasteiger partial charge in [-0.05, 0) is 69.4 Å². The van der Waals surface area contributed by atoms with Crippen molar-refractivity contribution in [3.8, 4) is 50.6 Å². The van der Waals surface area contributed by atoms with Gasteiger partial charge in [0.05, 0.1) is 22.2 Å². The number of fused-ring (bicyclic) bond motifs is 6. The van der Waals surface area contributed by atoms with Crippen molar-refractivity contribution in [2.75, 3.05) is 0 Å². The second kappa shape index (κ2) is 11.9. The fraction of sp³-hybridized carbons (Fsp3) is 0. The van der Waals surface area contributed by atoms with Crippen molar-refractivity contribution in [1.82, 2.24) is 14.5 Å². The molecule has 10 aromatic rings. The van der Waals surface area contributed by atoms with Crippen molar-refractivity contribution in [3.63, 3.8) is 0 Å². The largest absolute Gasteiger partial charge is 0.292 e. The summed E-state index contributed by atoms with van der Waals surface area (Å²) in [5.74, 6) is 0.933. The van der Waals surface area contributed by atoms with Gasteiger partial charge in [-0.1, -0.05) is 152 Å². The van der Waals surface area contributed by atoms with E-state index in [1.807, 2.05) is 12.1 Å². The molecule has 0 amide bonds. The number of hydrogen-bond acceptors (Lipinski definition) is 2. The molecule has 238 valence electrons. The quantitative estimate of drug-likeness (QED) is 0.174. The maximum atomic E-state index is 5.19. The van der Waals surface area contributed by atoms with Crippen LogP contribution in [0.3, 0.4) is 0 Å². The van der Waals surface area contributed by atoms with Crippen LogP contribution in [0.5, 0.6) is 0 Å². The molecule has 0 bridgehead atoms. The minimum Gasteiger partial charge on any atom is -0.292 e. The summed E-state index contributed by atoms with van der Waals surface area (Å²) in [6.07, 6.45) is 0. The molecular weight excluding hydrogens is 619 g/mol. The molecule has 0 N–H and O–H groups in total. The molecule has 0 radical (unpaired) electrons. The summed E-state index contributed by atoms with van der Waals surface area (Å²) in [4.78, 5) is 10.3. The Bertz CT molecular complexity index is 2870. The Morgan fingerprint density at radius 2 is 0.961 bits per heavy atom. The normalized spacial score (nSPS) is 11.5. The van der Waals surface area contributed by atoms with Crippen LogP contribution in [0.15, 0.2) is 188 Å². The van der Waals surface area contributed by atoms with Gasteiger partial charge in [0.2, 0.25) is 0 Å². The molecule has 0 fully saturated rings. The zero-order chi connectivity index (χ0) is 33.7. The lowest BCUT2D eigenvalue weighted by Crippen LogP contribution is -1.97. The third-order valence-corrected chi connectivity index (χ3v) is 10.00. The number of nitrogens with zero attached hydrogens (tertiary/aromatic N) is 3. The Kier molecular flexibility index (Phi) is 6.81. The molecule has 10 rings (SSSR count). The zero-order valence-electron chi connectivity index (χ0n) is 27.7. The maximum absolute atomic E-state index is 5.19. The molecule has 2 heterocycles. The molecule has 0 spiro atoms. The highest BCUT2D eigenvalue weighted by Crippen LogP contribution is 2.38. The second-order valence-electron chi connectivity index (χ2n) is 13.0. The molecule has 0 aliphatic rings. The van der Waals surface area contributed by atoms with Crippen molar-refractivity contribution < 1.29 is 0 Å². The Morgan fingerprint density at radius 1 is 0.353 bits per heavy atom. The predicted molar refractivity (Wildman–Crippen MR) is 213 cm³/mol. The molecule has 0 saturated carbocycles. The van der Waals surface area contributed by atoms with E-state index in [0.29, 0.717) is 0 Å². The first-order chi connectivity index (χ1) is 25.3. The first-order valence-corrected chi connectivity index (χ1v) is 17.3. The van der Waals surface area contributed by atoms with Gasteiger partial charge in [-0.25, -0.2) is 9.97 Å². The number of para-hydroxylation sites is 4. The summed E-state index contributed by atoms with van der Waals surface area (Å²) >= 11 is 0. The van der Waals surface area contributed by atoms with Crippen LogP contribution in [0.25, 0.3) is 94.1 Å². The molecule has 3 nitrogen and oxygen atoms in total. The average molecular weight is 650 g/mol. The van der Waals surface area contributed by atoms with Gasteiger partial charge < -0.3 is 0 Å². The lowest BCUT2D eigenvalue weighted by Gasteiger charge is -2.13. The Balaban J connectivity index is 0.988. The molecule has 0 aliphatic carbocycles. The molecule has 0 saturated heterocycles. The lowest BCUT2D eigenvalue weighted by molar-refractivity contribution is 1.10. The standard InChI is InChI=1S/C48H31N3/c1-2-14-39(15-3-1)51-45-20-9-8-19-44(45)50-48(51)38-13-10-12-37(31-38)34-23-21-32(22-24-34)33-25-27-36(28-26-33)47-42-30-29-35-11-4-5-16-40(35)46(42)41-17-6-7-18-43(41)49-47/h1-31H. The van der Waals surface area contributed by atoms with E-state index in [1.165, 1.54) is 43.6 Å². The molecular formula is C48H31N3. The highest BCUT2D eigenvalue weighted by Gasteiger charge is 2.16. The number of aromatic nitrogens is 3. The summed E-state index contributed by atoms with van der Waals surface area (Å²) in [5.41, 5.74) is 12.1. The number of rotatable bonds is 5. The van der Waals surface area contributed by atoms with Crippen LogP contribution in [0.1, 0.15) is 0 Å². The van der Waals surface area contributed by atoms with Crippen LogP contribution in [0.4, 0.5) is 0 Å². The summed E-state index contributed by atoms with van der Waals surface area (Å²) in [6.45, 7) is 0. The van der Waals surface area contributed by atoms with Crippen molar-refractivity contribution in [1.29, 1.82) is 0 Å². The van der Waals surface area contributed by atoms with E-state index >= 15 is 0 Å². The number of imidazole rings is 1. The van der Waals surface area contributed by atoms with Crippen LogP contribution in [-0.2, 0) is 0 Å². The van der Waals surface area contributed by atoms with E-state index in [0.717, 1.165) is 50.4 Å². The van der Waals surface area contributed by atoms with E-state index in [2.05, 4.69) is 180 Å². The summed E-state index contributed by atoms with van der Waals surface area (Å²) in [6, 6.07) is 66.7. The molecule has 0 aliphatic heterocycles. The fourth-order valence-electron chi connectivity index (χ4n) is 7.51. The van der Waals surface area contributed by atoms with E-state index in [1.54, 1.807) is 0 Å². The van der Waals surface area contributed by atoms with Gasteiger partial charge in [0.25, 0.3) is 0 Å². The van der Waals surface area contributed by atoms with Crippen LogP contribution in [0.2, 0.25) is 0 Å². The summed E-state index contributed by atoms with van der Waals surface area (Å²) in [5, 5.41) is 6.11. The average Bonchev–Trinajstić information content (AvgIpc) is 3.61. The van der Waals surface area contributed by atoms with Crippen LogP contribution in [0, 0.1) is 0 Å². The minimum absolute atomic E-state index is 0.933. The molecule has 51 heavy (non-hydrogen) atoms. The van der Waals surface area contributed by atoms with E-state index in [-0.39, 0.29) is 0 Å². The Hall–Kier alpha value is -6.84. The van der Waals surface area contributed by atoms with Crippen molar-refractivity contribution >= 4 is 43.5 Å². The van der Waals surface area contributed by atoms with Crippen molar-refractivity contribution in [3.05, 3.63) is 188 Å². The first kappa shape index (κ1) is 29.1. The molecule has 3 heteroatoms. The van der Waals surface area contributed by atoms with Crippen molar-refractivity contribution in [2.24, 2.45) is 0 Å². The smallest absolute Gasteiger partial charge is 0.145 e. The van der Waals surface area contributed by atoms with Gasteiger partial charge in [-0.2, -0.15) is 0 Å². The number of pyridine rings is 1. The Labute approximate surface area is 295 Å². The Morgan fingerprint density at radius 3 is 1.75 bits per heavy atom. The fourth-order valence-corrected chi connectivity index (χ4v) is 7.51. The van der Waals surface area contributed by atoms with Gasteiger partial charge >= 0.3 is 0 Å². The van der Waals surface area contributed by atoms with Crippen LogP contribution >= 0.6 is 0 Å². The van der Waals surface area contributed by atoms with Crippen LogP contribution in [-0.4, -0.2) is 14.5 Å². The second-order valence-corrected chi connectivity index (χ2v) is 13.0. The van der Waals surface area contributed by atoms with Gasteiger partial charge in [-0.3, -0.25) is 4.57 Å². The predicted octanol–water partition coefficient (Wildman–Crippen LogP) is 12.5. The van der Waals surface area contributed by atoms with E-state index in [9.17, 15) is 0 Å². The lowest BCUT2D eigenvalue weighted by atomic mass is 9.94. The monoisotopic (exact) mass is 649 g/mol. The van der Waals surface area contributed by atoms with Crippen LogP contribution < -0.4 is 0 Å². The molecule has 0 unspecified atom stereocenters. The van der Waals surface area contributed by atoms with Crippen molar-refractivity contribution in [2.45, 2.75) is 0 Å². The number of hydrogen-bond donors (Lipinski definition) is 0. The van der Waals surface area contributed by atoms with Gasteiger partial charge in [-0.15, -0.1) is 0 Å². The third kappa shape index (κ3) is 4.98. The highest BCUT2D eigenvalue weighted by atomic mass is 15.1. The SMILES string of the molecule is c1ccc(-n2c(-c3cccc(-c4ccc(-c5ccc(-c6nc7ccccc7c7c6ccc6ccccc67)cc5)cc4)c3)nc3ccccc32)cc1. The summed E-state index contributed by atoms with van der Waals surface area (Å²) < 4.78 is 2.25. The van der Waals surface area contributed by atoms with Gasteiger partial charge in [0, 0.05) is 33.0 Å². The topological polar surface area (TPSA) is 30.7 Å². The highest BCUT2D eigenvalue weighted by molar-refractivity contribution is 6.22. The molecule has 8 aromatic carbocycles.